The highest BCUT2D eigenvalue weighted by Crippen LogP contribution is 2.20. The smallest absolute Gasteiger partial charge is 0.339 e. The van der Waals surface area contributed by atoms with E-state index in [1.807, 2.05) is 6.07 Å². The van der Waals surface area contributed by atoms with Crippen LogP contribution in [0.2, 0.25) is 0 Å². The van der Waals surface area contributed by atoms with Gasteiger partial charge in [-0.15, -0.1) is 5.10 Å². The molecule has 0 atom stereocenters. The van der Waals surface area contributed by atoms with Gasteiger partial charge in [0.1, 0.15) is 5.52 Å². The molecule has 0 N–H and O–H groups in total. The lowest BCUT2D eigenvalue weighted by Crippen LogP contribution is -2.06. The van der Waals surface area contributed by atoms with Crippen LogP contribution in [0.15, 0.2) is 18.2 Å². The topological polar surface area (TPSA) is 52.1 Å². The molecule has 0 amide bonds. The third-order valence-corrected chi connectivity index (χ3v) is 3.00. The van der Waals surface area contributed by atoms with Gasteiger partial charge >= 0.3 is 5.97 Å². The summed E-state index contributed by atoms with van der Waals surface area (Å²) in [5, 5.41) is 3.92. The fraction of sp³-hybridized carbons (Fsp3) is 0.364. The predicted octanol–water partition coefficient (Wildman–Crippen LogP) is 2.65. The fourth-order valence-corrected chi connectivity index (χ4v) is 2.01. The minimum Gasteiger partial charge on any atom is -0.462 e. The highest BCUT2D eigenvalue weighted by molar-refractivity contribution is 7.13. The maximum atomic E-state index is 11.8. The summed E-state index contributed by atoms with van der Waals surface area (Å²) < 4.78 is 9.78. The average molecular weight is 236 g/mol. The number of carbonyl (C=O) groups excluding carboxylic acids is 1. The molecule has 16 heavy (non-hydrogen) atoms. The molecule has 1 aromatic carbocycles. The van der Waals surface area contributed by atoms with Crippen molar-refractivity contribution in [3.63, 3.8) is 0 Å². The van der Waals surface area contributed by atoms with Gasteiger partial charge in [-0.25, -0.2) is 4.79 Å². The van der Waals surface area contributed by atoms with E-state index in [1.165, 1.54) is 11.5 Å². The lowest BCUT2D eigenvalue weighted by molar-refractivity contribution is 0.0502. The van der Waals surface area contributed by atoms with Crippen LogP contribution in [-0.4, -0.2) is 22.2 Å². The van der Waals surface area contributed by atoms with Crippen LogP contribution in [0.25, 0.3) is 10.2 Å². The summed E-state index contributed by atoms with van der Waals surface area (Å²) in [6.07, 6.45) is 1.91. The van der Waals surface area contributed by atoms with Crippen molar-refractivity contribution in [2.24, 2.45) is 0 Å². The molecule has 5 heteroatoms. The third kappa shape index (κ3) is 2.19. The number of fused-ring (bicyclic) bond motifs is 1. The Morgan fingerprint density at radius 1 is 1.50 bits per heavy atom. The monoisotopic (exact) mass is 236 g/mol. The molecule has 1 aromatic heterocycles. The van der Waals surface area contributed by atoms with E-state index in [0.29, 0.717) is 12.2 Å². The fourth-order valence-electron chi connectivity index (χ4n) is 1.35. The average Bonchev–Trinajstić information content (AvgIpc) is 2.76. The Kier molecular flexibility index (Phi) is 3.46. The Bertz CT molecular complexity index is 495. The van der Waals surface area contributed by atoms with Crippen molar-refractivity contribution >= 4 is 27.7 Å². The highest BCUT2D eigenvalue weighted by Gasteiger charge is 2.13. The molecule has 0 radical (unpaired) electrons. The van der Waals surface area contributed by atoms with Crippen LogP contribution >= 0.6 is 11.5 Å². The molecule has 0 saturated heterocycles. The molecule has 2 rings (SSSR count). The second-order valence-electron chi connectivity index (χ2n) is 3.42. The van der Waals surface area contributed by atoms with Gasteiger partial charge in [0.05, 0.1) is 16.9 Å². The second-order valence-corrected chi connectivity index (χ2v) is 4.17. The number of esters is 1. The van der Waals surface area contributed by atoms with Crippen LogP contribution < -0.4 is 0 Å². The van der Waals surface area contributed by atoms with Crippen LogP contribution in [0, 0.1) is 0 Å². The summed E-state index contributed by atoms with van der Waals surface area (Å²) in [5.74, 6) is -0.287. The number of unbranched alkanes of at least 4 members (excludes halogenated alkanes) is 1. The van der Waals surface area contributed by atoms with Crippen LogP contribution in [0.4, 0.5) is 0 Å². The maximum Gasteiger partial charge on any atom is 0.339 e. The van der Waals surface area contributed by atoms with E-state index < -0.39 is 0 Å². The molecule has 84 valence electrons. The minimum atomic E-state index is -0.287. The minimum absolute atomic E-state index is 0.287. The molecule has 0 aliphatic heterocycles. The standard InChI is InChI=1S/C11H12N2O2S/c1-2-3-7-15-11(14)8-5-4-6-9-10(8)16-13-12-9/h4-6H,2-3,7H2,1H3. The van der Waals surface area contributed by atoms with E-state index >= 15 is 0 Å². The van der Waals surface area contributed by atoms with E-state index in [-0.39, 0.29) is 5.97 Å². The first-order valence-electron chi connectivity index (χ1n) is 5.21. The molecule has 0 aliphatic carbocycles. The number of hydrogen-bond donors (Lipinski definition) is 0. The van der Waals surface area contributed by atoms with E-state index in [4.69, 9.17) is 4.74 Å². The lowest BCUT2D eigenvalue weighted by atomic mass is 10.2. The summed E-state index contributed by atoms with van der Waals surface area (Å²) in [6.45, 7) is 2.53. The van der Waals surface area contributed by atoms with Gasteiger partial charge in [-0.3, -0.25) is 0 Å². The summed E-state index contributed by atoms with van der Waals surface area (Å²) in [5.41, 5.74) is 1.30. The number of aromatic nitrogens is 2. The van der Waals surface area contributed by atoms with Crippen LogP contribution in [0.3, 0.4) is 0 Å². The summed E-state index contributed by atoms with van der Waals surface area (Å²) in [6, 6.07) is 5.37. The van der Waals surface area contributed by atoms with Crippen molar-refractivity contribution in [3.05, 3.63) is 23.8 Å². The quantitative estimate of drug-likeness (QED) is 0.605. The third-order valence-electron chi connectivity index (χ3n) is 2.23. The van der Waals surface area contributed by atoms with Crippen molar-refractivity contribution in [2.45, 2.75) is 19.8 Å². The Labute approximate surface area is 97.4 Å². The zero-order chi connectivity index (χ0) is 11.4. The number of ether oxygens (including phenoxy) is 1. The normalized spacial score (nSPS) is 10.6. The van der Waals surface area contributed by atoms with Gasteiger partial charge in [0.25, 0.3) is 0 Å². The van der Waals surface area contributed by atoms with Gasteiger partial charge < -0.3 is 4.74 Å². The van der Waals surface area contributed by atoms with Crippen LogP contribution in [-0.2, 0) is 4.74 Å². The predicted molar refractivity (Wildman–Crippen MR) is 62.6 cm³/mol. The van der Waals surface area contributed by atoms with Gasteiger partial charge in [0.2, 0.25) is 0 Å². The maximum absolute atomic E-state index is 11.8. The summed E-state index contributed by atoms with van der Waals surface area (Å²) >= 11 is 1.22. The molecular formula is C11H12N2O2S. The highest BCUT2D eigenvalue weighted by atomic mass is 32.1. The summed E-state index contributed by atoms with van der Waals surface area (Å²) in [4.78, 5) is 11.8. The van der Waals surface area contributed by atoms with Crippen LogP contribution in [0.1, 0.15) is 30.1 Å². The first kappa shape index (κ1) is 11.0. The molecule has 0 saturated carbocycles. The Morgan fingerprint density at radius 3 is 3.19 bits per heavy atom. The van der Waals surface area contributed by atoms with Gasteiger partial charge in [-0.05, 0) is 30.1 Å². The zero-order valence-electron chi connectivity index (χ0n) is 8.97. The molecule has 2 aromatic rings. The molecule has 0 fully saturated rings. The van der Waals surface area contributed by atoms with Crippen molar-refractivity contribution in [3.8, 4) is 0 Å². The van der Waals surface area contributed by atoms with Gasteiger partial charge in [0, 0.05) is 0 Å². The number of nitrogens with zero attached hydrogens (tertiary/aromatic N) is 2. The Balaban J connectivity index is 2.19. The molecule has 0 bridgehead atoms. The van der Waals surface area contributed by atoms with Gasteiger partial charge in [0.15, 0.2) is 0 Å². The van der Waals surface area contributed by atoms with Crippen molar-refractivity contribution < 1.29 is 9.53 Å². The number of carbonyl (C=O) groups is 1. The van der Waals surface area contributed by atoms with Crippen molar-refractivity contribution in [1.82, 2.24) is 9.59 Å². The van der Waals surface area contributed by atoms with Gasteiger partial charge in [-0.1, -0.05) is 23.9 Å². The molecule has 4 nitrogen and oxygen atoms in total. The Hall–Kier alpha value is -1.49. The summed E-state index contributed by atoms with van der Waals surface area (Å²) in [7, 11) is 0. The molecule has 0 spiro atoms. The van der Waals surface area contributed by atoms with E-state index in [0.717, 1.165) is 23.1 Å². The first-order valence-corrected chi connectivity index (χ1v) is 5.98. The van der Waals surface area contributed by atoms with Crippen molar-refractivity contribution in [2.75, 3.05) is 6.61 Å². The Morgan fingerprint density at radius 2 is 2.38 bits per heavy atom. The first-order chi connectivity index (χ1) is 7.83. The van der Waals surface area contributed by atoms with E-state index in [9.17, 15) is 4.79 Å². The molecule has 0 aliphatic rings. The zero-order valence-corrected chi connectivity index (χ0v) is 9.79. The van der Waals surface area contributed by atoms with Crippen molar-refractivity contribution in [1.29, 1.82) is 0 Å². The number of benzene rings is 1. The van der Waals surface area contributed by atoms with E-state index in [1.54, 1.807) is 12.1 Å². The lowest BCUT2D eigenvalue weighted by Gasteiger charge is -2.03. The van der Waals surface area contributed by atoms with Crippen LogP contribution in [0.5, 0.6) is 0 Å². The SMILES string of the molecule is CCCCOC(=O)c1cccc2nnsc12. The van der Waals surface area contributed by atoms with Gasteiger partial charge in [-0.2, -0.15) is 0 Å². The molecule has 0 unspecified atom stereocenters. The molecular weight excluding hydrogens is 224 g/mol. The number of rotatable bonds is 4. The second kappa shape index (κ2) is 5.03. The number of hydrogen-bond acceptors (Lipinski definition) is 5. The largest absolute Gasteiger partial charge is 0.462 e. The van der Waals surface area contributed by atoms with E-state index in [2.05, 4.69) is 16.5 Å². The molecule has 1 heterocycles.